The van der Waals surface area contributed by atoms with Crippen LogP contribution in [0.1, 0.15) is 18.4 Å². The number of likely N-dealkylation sites (tertiary alicyclic amines) is 2. The molecule has 2 unspecified atom stereocenters. The summed E-state index contributed by atoms with van der Waals surface area (Å²) in [4.78, 5) is 29.9. The number of benzene rings is 1. The Bertz CT molecular complexity index is 850. The Morgan fingerprint density at radius 2 is 1.54 bits per heavy atom. The Kier molecular flexibility index (Phi) is 4.26. The molecular formula is C21H23N5O2. The van der Waals surface area contributed by atoms with Crippen LogP contribution < -0.4 is 5.32 Å². The van der Waals surface area contributed by atoms with Gasteiger partial charge in [-0.05, 0) is 38.5 Å². The summed E-state index contributed by atoms with van der Waals surface area (Å²) in [6.07, 6.45) is 0.960. The third kappa shape index (κ3) is 2.27. The minimum Gasteiger partial charge on any atom is -0.302 e. The molecule has 0 aliphatic carbocycles. The van der Waals surface area contributed by atoms with Gasteiger partial charge in [0, 0.05) is 25.0 Å². The van der Waals surface area contributed by atoms with Crippen molar-refractivity contribution in [3.8, 4) is 12.1 Å². The van der Waals surface area contributed by atoms with Gasteiger partial charge in [0.1, 0.15) is 0 Å². The van der Waals surface area contributed by atoms with E-state index >= 15 is 0 Å². The minimum atomic E-state index is -1.39. The number of carbonyl (C=O) groups excluding carboxylic acids is 2. The predicted octanol–water partition coefficient (Wildman–Crippen LogP) is 0.891. The molecule has 144 valence electrons. The normalized spacial score (nSPS) is 32.4. The lowest BCUT2D eigenvalue weighted by Gasteiger charge is -2.63. The second-order valence-electron chi connectivity index (χ2n) is 8.33. The van der Waals surface area contributed by atoms with Crippen molar-refractivity contribution in [1.29, 1.82) is 10.5 Å². The van der Waals surface area contributed by atoms with Gasteiger partial charge >= 0.3 is 0 Å². The lowest BCUT2D eigenvalue weighted by molar-refractivity contribution is -0.186. The van der Waals surface area contributed by atoms with Crippen LogP contribution in [0.3, 0.4) is 0 Å². The monoisotopic (exact) mass is 377 g/mol. The maximum Gasteiger partial charge on any atom is 0.249 e. The first-order valence-corrected chi connectivity index (χ1v) is 9.56. The van der Waals surface area contributed by atoms with Gasteiger partial charge in [-0.3, -0.25) is 19.8 Å². The zero-order chi connectivity index (χ0) is 20.0. The number of nitrogens with zero attached hydrogens (tertiary/aromatic N) is 4. The number of imide groups is 1. The predicted molar refractivity (Wildman–Crippen MR) is 100 cm³/mol. The number of piperidine rings is 3. The summed E-state index contributed by atoms with van der Waals surface area (Å²) >= 11 is 0. The summed E-state index contributed by atoms with van der Waals surface area (Å²) in [6, 6.07) is 14.6. The number of nitriles is 2. The number of nitrogens with one attached hydrogen (secondary N) is 1. The number of hydrogen-bond acceptors (Lipinski definition) is 6. The van der Waals surface area contributed by atoms with Gasteiger partial charge in [0.15, 0.2) is 10.8 Å². The van der Waals surface area contributed by atoms with Gasteiger partial charge in [-0.15, -0.1) is 0 Å². The molecule has 2 amide bonds. The van der Waals surface area contributed by atoms with Crippen LogP contribution >= 0.6 is 0 Å². The Morgan fingerprint density at radius 3 is 2.04 bits per heavy atom. The lowest BCUT2D eigenvalue weighted by Crippen LogP contribution is -2.78. The smallest absolute Gasteiger partial charge is 0.249 e. The molecular weight excluding hydrogens is 354 g/mol. The molecule has 3 aliphatic rings. The van der Waals surface area contributed by atoms with Crippen LogP contribution in [-0.4, -0.2) is 54.8 Å². The van der Waals surface area contributed by atoms with Crippen molar-refractivity contribution in [1.82, 2.24) is 15.1 Å². The third-order valence-corrected chi connectivity index (χ3v) is 6.99. The molecule has 3 fully saturated rings. The first-order chi connectivity index (χ1) is 13.4. The van der Waals surface area contributed by atoms with Gasteiger partial charge in [-0.25, -0.2) is 0 Å². The molecule has 2 bridgehead atoms. The van der Waals surface area contributed by atoms with Crippen molar-refractivity contribution in [3.63, 3.8) is 0 Å². The molecule has 1 N–H and O–H groups in total. The Morgan fingerprint density at radius 1 is 1.00 bits per heavy atom. The van der Waals surface area contributed by atoms with Crippen molar-refractivity contribution in [3.05, 3.63) is 35.9 Å². The molecule has 3 aliphatic heterocycles. The van der Waals surface area contributed by atoms with E-state index in [0.717, 1.165) is 6.54 Å². The first kappa shape index (κ1) is 18.6. The number of rotatable bonds is 2. The second kappa shape index (κ2) is 6.41. The van der Waals surface area contributed by atoms with Crippen LogP contribution in [0.4, 0.5) is 0 Å². The van der Waals surface area contributed by atoms with Gasteiger partial charge < -0.3 is 4.90 Å². The van der Waals surface area contributed by atoms with Crippen LogP contribution in [0, 0.1) is 38.9 Å². The Labute approximate surface area is 164 Å². The van der Waals surface area contributed by atoms with E-state index < -0.39 is 28.1 Å². The summed E-state index contributed by atoms with van der Waals surface area (Å²) < 4.78 is 0. The van der Waals surface area contributed by atoms with Crippen LogP contribution in [0.15, 0.2) is 30.3 Å². The standard InChI is InChI=1S/C21H23N5O2/c1-25-14-19(12-22)17(27)24-18(28)20(13-23,15-25)21(19)7-9-26(10-8-21)11-16-5-3-2-4-6-16/h2-6H,7-11,14-15H2,1H3,(H,24,27,28). The Hall–Kier alpha value is -2.74. The molecule has 3 heterocycles. The summed E-state index contributed by atoms with van der Waals surface area (Å²) in [5, 5.41) is 22.6. The molecule has 28 heavy (non-hydrogen) atoms. The van der Waals surface area contributed by atoms with Gasteiger partial charge in [0.25, 0.3) is 0 Å². The van der Waals surface area contributed by atoms with Crippen molar-refractivity contribution >= 4 is 11.8 Å². The van der Waals surface area contributed by atoms with E-state index in [1.165, 1.54) is 5.56 Å². The van der Waals surface area contributed by atoms with Crippen molar-refractivity contribution in [2.45, 2.75) is 19.4 Å². The quantitative estimate of drug-likeness (QED) is 0.769. The van der Waals surface area contributed by atoms with E-state index in [0.29, 0.717) is 25.9 Å². The average molecular weight is 377 g/mol. The summed E-state index contributed by atoms with van der Waals surface area (Å²) in [7, 11) is 1.77. The molecule has 1 aromatic rings. The maximum atomic E-state index is 12.9. The molecule has 1 aromatic carbocycles. The fourth-order valence-corrected chi connectivity index (χ4v) is 5.60. The van der Waals surface area contributed by atoms with Crippen molar-refractivity contribution in [2.75, 3.05) is 33.2 Å². The summed E-state index contributed by atoms with van der Waals surface area (Å²) in [5.41, 5.74) is -2.53. The molecule has 1 spiro atoms. The first-order valence-electron chi connectivity index (χ1n) is 9.56. The zero-order valence-corrected chi connectivity index (χ0v) is 15.9. The van der Waals surface area contributed by atoms with Crippen LogP contribution in [0.2, 0.25) is 0 Å². The zero-order valence-electron chi connectivity index (χ0n) is 15.9. The van der Waals surface area contributed by atoms with Crippen LogP contribution in [-0.2, 0) is 16.1 Å². The lowest BCUT2D eigenvalue weighted by atomic mass is 9.43. The van der Waals surface area contributed by atoms with E-state index in [2.05, 4.69) is 34.5 Å². The average Bonchev–Trinajstić information content (AvgIpc) is 2.70. The van der Waals surface area contributed by atoms with Gasteiger partial charge in [0.2, 0.25) is 11.8 Å². The van der Waals surface area contributed by atoms with Gasteiger partial charge in [-0.2, -0.15) is 10.5 Å². The second-order valence-corrected chi connectivity index (χ2v) is 8.33. The van der Waals surface area contributed by atoms with Gasteiger partial charge in [-0.1, -0.05) is 30.3 Å². The highest BCUT2D eigenvalue weighted by Gasteiger charge is 2.76. The van der Waals surface area contributed by atoms with Crippen LogP contribution in [0.5, 0.6) is 0 Å². The highest BCUT2D eigenvalue weighted by molar-refractivity contribution is 6.08. The molecule has 3 saturated heterocycles. The minimum absolute atomic E-state index is 0.241. The maximum absolute atomic E-state index is 12.9. The van der Waals surface area contributed by atoms with E-state index in [-0.39, 0.29) is 13.1 Å². The third-order valence-electron chi connectivity index (χ3n) is 6.99. The number of hydrogen-bond donors (Lipinski definition) is 1. The molecule has 0 radical (unpaired) electrons. The van der Waals surface area contributed by atoms with E-state index in [4.69, 9.17) is 0 Å². The highest BCUT2D eigenvalue weighted by atomic mass is 16.2. The molecule has 0 saturated carbocycles. The molecule has 2 atom stereocenters. The fourth-order valence-electron chi connectivity index (χ4n) is 5.60. The molecule has 7 nitrogen and oxygen atoms in total. The fraction of sp³-hybridized carbons (Fsp3) is 0.524. The van der Waals surface area contributed by atoms with E-state index in [9.17, 15) is 20.1 Å². The summed E-state index contributed by atoms with van der Waals surface area (Å²) in [6.45, 7) is 2.55. The highest BCUT2D eigenvalue weighted by Crippen LogP contribution is 2.63. The number of carbonyl (C=O) groups is 2. The van der Waals surface area contributed by atoms with Gasteiger partial charge in [0.05, 0.1) is 12.1 Å². The molecule has 4 rings (SSSR count). The van der Waals surface area contributed by atoms with Crippen molar-refractivity contribution in [2.24, 2.45) is 16.2 Å². The molecule has 7 heteroatoms. The largest absolute Gasteiger partial charge is 0.302 e. The van der Waals surface area contributed by atoms with Crippen molar-refractivity contribution < 1.29 is 9.59 Å². The van der Waals surface area contributed by atoms with E-state index in [1.54, 1.807) is 11.9 Å². The van der Waals surface area contributed by atoms with E-state index in [1.807, 2.05) is 18.2 Å². The Balaban J connectivity index is 1.70. The summed E-state index contributed by atoms with van der Waals surface area (Å²) in [5.74, 6) is -1.09. The SMILES string of the molecule is CN1CC2(C#N)C(=O)NC(=O)C(C#N)(C1)C21CCN(Cc2ccccc2)CC1. The molecule has 0 aromatic heterocycles. The van der Waals surface area contributed by atoms with Crippen LogP contribution in [0.25, 0.3) is 0 Å². The topological polar surface area (TPSA) is 100 Å². The number of amides is 2.